The second-order valence-electron chi connectivity index (χ2n) is 4.21. The fourth-order valence-corrected chi connectivity index (χ4v) is 1.27. The number of nitrogens with two attached hydrogens (primary N) is 1. The molecule has 0 spiro atoms. The van der Waals surface area contributed by atoms with Crippen molar-refractivity contribution in [1.82, 2.24) is 0 Å². The van der Waals surface area contributed by atoms with Crippen molar-refractivity contribution < 1.29 is 10.2 Å². The summed E-state index contributed by atoms with van der Waals surface area (Å²) in [6, 6.07) is -0.559. The van der Waals surface area contributed by atoms with Crippen LogP contribution >= 0.6 is 0 Å². The van der Waals surface area contributed by atoms with Gasteiger partial charge in [-0.2, -0.15) is 0 Å². The van der Waals surface area contributed by atoms with Gasteiger partial charge in [0.1, 0.15) is 0 Å². The molecule has 4 N–H and O–H groups in total. The average molecular weight is 215 g/mol. The molecular weight excluding hydrogens is 190 g/mol. The Kier molecular flexibility index (Phi) is 8.67. The highest BCUT2D eigenvalue weighted by Gasteiger charge is 2.08. The van der Waals surface area contributed by atoms with E-state index in [9.17, 15) is 5.11 Å². The third-order valence-corrected chi connectivity index (χ3v) is 2.75. The van der Waals surface area contributed by atoms with Gasteiger partial charge >= 0.3 is 0 Å². The van der Waals surface area contributed by atoms with E-state index in [4.69, 9.17) is 10.8 Å². The van der Waals surface area contributed by atoms with Crippen LogP contribution in [0.4, 0.5) is 0 Å². The molecule has 0 bridgehead atoms. The second kappa shape index (κ2) is 8.89. The van der Waals surface area contributed by atoms with Gasteiger partial charge in [-0.25, -0.2) is 0 Å². The van der Waals surface area contributed by atoms with E-state index in [0.717, 1.165) is 18.8 Å². The number of aliphatic hydroxyl groups is 2. The molecule has 0 fully saturated rings. The van der Waals surface area contributed by atoms with Crippen LogP contribution < -0.4 is 5.73 Å². The minimum Gasteiger partial charge on any atom is -0.395 e. The number of allylic oxidation sites excluding steroid dienone is 1. The van der Waals surface area contributed by atoms with Gasteiger partial charge in [-0.05, 0) is 18.8 Å². The van der Waals surface area contributed by atoms with Crippen molar-refractivity contribution in [3.8, 4) is 0 Å². The van der Waals surface area contributed by atoms with E-state index in [2.05, 4.69) is 13.8 Å². The molecule has 0 rings (SSSR count). The van der Waals surface area contributed by atoms with Crippen LogP contribution in [0.25, 0.3) is 0 Å². The van der Waals surface area contributed by atoms with Gasteiger partial charge in [0, 0.05) is 0 Å². The fraction of sp³-hybridized carbons (Fsp3) is 0.833. The molecule has 3 nitrogen and oxygen atoms in total. The van der Waals surface area contributed by atoms with Crippen LogP contribution in [0.5, 0.6) is 0 Å². The van der Waals surface area contributed by atoms with Crippen molar-refractivity contribution in [3.63, 3.8) is 0 Å². The molecule has 3 heteroatoms. The molecule has 0 aromatic rings. The minimum absolute atomic E-state index is 0.182. The first-order valence-electron chi connectivity index (χ1n) is 5.83. The maximum Gasteiger partial charge on any atom is 0.0894 e. The van der Waals surface area contributed by atoms with Gasteiger partial charge in [0.25, 0.3) is 0 Å². The number of hydrogen-bond acceptors (Lipinski definition) is 3. The number of aliphatic hydroxyl groups excluding tert-OH is 2. The molecule has 0 heterocycles. The largest absolute Gasteiger partial charge is 0.395 e. The zero-order chi connectivity index (χ0) is 11.7. The summed E-state index contributed by atoms with van der Waals surface area (Å²) < 4.78 is 0. The lowest BCUT2D eigenvalue weighted by Gasteiger charge is -2.11. The zero-order valence-corrected chi connectivity index (χ0v) is 9.89. The van der Waals surface area contributed by atoms with E-state index >= 15 is 0 Å². The van der Waals surface area contributed by atoms with Gasteiger partial charge in [0.2, 0.25) is 0 Å². The quantitative estimate of drug-likeness (QED) is 0.424. The molecule has 0 saturated carbocycles. The third kappa shape index (κ3) is 7.54. The summed E-state index contributed by atoms with van der Waals surface area (Å²) in [6.45, 7) is 4.27. The summed E-state index contributed by atoms with van der Waals surface area (Å²) in [4.78, 5) is 0. The van der Waals surface area contributed by atoms with Crippen molar-refractivity contribution in [2.45, 2.75) is 51.7 Å². The van der Waals surface area contributed by atoms with Gasteiger partial charge in [-0.1, -0.05) is 38.8 Å². The molecule has 0 aromatic carbocycles. The Morgan fingerprint density at radius 2 is 2.07 bits per heavy atom. The molecule has 0 saturated heterocycles. The Morgan fingerprint density at radius 3 is 2.60 bits per heavy atom. The first-order chi connectivity index (χ1) is 7.11. The first kappa shape index (κ1) is 14.6. The standard InChI is InChI=1S/C12H25NO2/c1-3-10(2)7-5-4-6-8-12(15)11(13)9-14/h6,8,10-12,14-15H,3-5,7,9,13H2,1-2H3/b8-6+. The highest BCUT2D eigenvalue weighted by atomic mass is 16.3. The maximum absolute atomic E-state index is 9.40. The van der Waals surface area contributed by atoms with Crippen LogP contribution in [-0.2, 0) is 0 Å². The van der Waals surface area contributed by atoms with Gasteiger partial charge in [0.15, 0.2) is 0 Å². The third-order valence-electron chi connectivity index (χ3n) is 2.75. The van der Waals surface area contributed by atoms with Crippen molar-refractivity contribution in [3.05, 3.63) is 12.2 Å². The summed E-state index contributed by atoms with van der Waals surface area (Å²) in [5, 5.41) is 18.1. The van der Waals surface area contributed by atoms with E-state index in [-0.39, 0.29) is 6.61 Å². The zero-order valence-electron chi connectivity index (χ0n) is 9.89. The van der Waals surface area contributed by atoms with Crippen LogP contribution in [0, 0.1) is 5.92 Å². The second-order valence-corrected chi connectivity index (χ2v) is 4.21. The summed E-state index contributed by atoms with van der Waals surface area (Å²) in [6.07, 6.45) is 7.47. The topological polar surface area (TPSA) is 66.5 Å². The van der Waals surface area contributed by atoms with Crippen LogP contribution in [0.2, 0.25) is 0 Å². The molecule has 15 heavy (non-hydrogen) atoms. The van der Waals surface area contributed by atoms with Crippen LogP contribution in [-0.4, -0.2) is 29.0 Å². The molecule has 3 atom stereocenters. The highest BCUT2D eigenvalue weighted by molar-refractivity contribution is 4.93. The molecule has 0 radical (unpaired) electrons. The molecule has 0 aliphatic carbocycles. The van der Waals surface area contributed by atoms with E-state index in [1.165, 1.54) is 12.8 Å². The lowest BCUT2D eigenvalue weighted by Crippen LogP contribution is -2.36. The summed E-state index contributed by atoms with van der Waals surface area (Å²) >= 11 is 0. The van der Waals surface area contributed by atoms with Crippen LogP contribution in [0.1, 0.15) is 39.5 Å². The SMILES string of the molecule is CCC(C)CCC/C=C/C(O)C(N)CO. The van der Waals surface area contributed by atoms with E-state index in [1.807, 2.05) is 6.08 Å². The van der Waals surface area contributed by atoms with Crippen LogP contribution in [0.15, 0.2) is 12.2 Å². The molecular formula is C12H25NO2. The molecule has 3 unspecified atom stereocenters. The molecule has 0 aliphatic heterocycles. The monoisotopic (exact) mass is 215 g/mol. The molecule has 0 amide bonds. The Balaban J connectivity index is 3.53. The molecule has 0 aliphatic rings. The molecule has 90 valence electrons. The van der Waals surface area contributed by atoms with Gasteiger partial charge in [-0.15, -0.1) is 0 Å². The first-order valence-corrected chi connectivity index (χ1v) is 5.83. The number of rotatable bonds is 8. The van der Waals surface area contributed by atoms with Gasteiger partial charge in [-0.3, -0.25) is 0 Å². The minimum atomic E-state index is -0.724. The van der Waals surface area contributed by atoms with Crippen LogP contribution in [0.3, 0.4) is 0 Å². The smallest absolute Gasteiger partial charge is 0.0894 e. The Bertz CT molecular complexity index is 171. The van der Waals surface area contributed by atoms with E-state index in [0.29, 0.717) is 0 Å². The van der Waals surface area contributed by atoms with E-state index < -0.39 is 12.1 Å². The van der Waals surface area contributed by atoms with Crippen molar-refractivity contribution in [2.75, 3.05) is 6.61 Å². The highest BCUT2D eigenvalue weighted by Crippen LogP contribution is 2.11. The Hall–Kier alpha value is -0.380. The summed E-state index contributed by atoms with van der Waals surface area (Å²) in [5.41, 5.74) is 5.45. The maximum atomic E-state index is 9.40. The number of unbranched alkanes of at least 4 members (excludes halogenated alkanes) is 1. The number of hydrogen-bond donors (Lipinski definition) is 3. The molecule has 0 aromatic heterocycles. The predicted octanol–water partition coefficient (Wildman–Crippen LogP) is 1.44. The van der Waals surface area contributed by atoms with Crippen molar-refractivity contribution in [1.29, 1.82) is 0 Å². The van der Waals surface area contributed by atoms with Gasteiger partial charge < -0.3 is 15.9 Å². The summed E-state index contributed by atoms with van der Waals surface area (Å²) in [5.74, 6) is 0.781. The average Bonchev–Trinajstić information content (AvgIpc) is 2.26. The normalized spacial score (nSPS) is 17.9. The Morgan fingerprint density at radius 1 is 1.40 bits per heavy atom. The predicted molar refractivity (Wildman–Crippen MR) is 63.5 cm³/mol. The fourth-order valence-electron chi connectivity index (χ4n) is 1.27. The lowest BCUT2D eigenvalue weighted by atomic mass is 10.0. The Labute approximate surface area is 93.0 Å². The van der Waals surface area contributed by atoms with Crippen molar-refractivity contribution >= 4 is 0 Å². The summed E-state index contributed by atoms with van der Waals surface area (Å²) in [7, 11) is 0. The van der Waals surface area contributed by atoms with Crippen molar-refractivity contribution in [2.24, 2.45) is 11.7 Å². The lowest BCUT2D eigenvalue weighted by molar-refractivity contribution is 0.144. The van der Waals surface area contributed by atoms with Gasteiger partial charge in [0.05, 0.1) is 18.8 Å². The van der Waals surface area contributed by atoms with E-state index in [1.54, 1.807) is 6.08 Å².